The van der Waals surface area contributed by atoms with Crippen LogP contribution in [0.3, 0.4) is 0 Å². The van der Waals surface area contributed by atoms with Crippen molar-refractivity contribution in [2.75, 3.05) is 11.9 Å². The third-order valence-electron chi connectivity index (χ3n) is 4.39. The second-order valence-corrected chi connectivity index (χ2v) is 8.63. The molecule has 3 aromatic rings. The second kappa shape index (κ2) is 9.82. The van der Waals surface area contributed by atoms with Gasteiger partial charge in [-0.25, -0.2) is 4.98 Å². The van der Waals surface area contributed by atoms with Crippen molar-refractivity contribution in [3.63, 3.8) is 0 Å². The highest BCUT2D eigenvalue weighted by atomic mass is 79.9. The van der Waals surface area contributed by atoms with Crippen molar-refractivity contribution < 1.29 is 9.72 Å². The number of anilines is 2. The van der Waals surface area contributed by atoms with Crippen molar-refractivity contribution >= 4 is 49.7 Å². The molecule has 0 fully saturated rings. The third kappa shape index (κ3) is 5.43. The summed E-state index contributed by atoms with van der Waals surface area (Å²) < 4.78 is 0.987. The van der Waals surface area contributed by atoms with Gasteiger partial charge in [0.25, 0.3) is 11.6 Å². The Morgan fingerprint density at radius 2 is 1.87 bits per heavy atom. The lowest BCUT2D eigenvalue weighted by Crippen LogP contribution is -2.31. The minimum Gasteiger partial charge on any atom is -0.334 e. The molecule has 2 aromatic carbocycles. The van der Waals surface area contributed by atoms with Gasteiger partial charge in [0, 0.05) is 35.4 Å². The highest BCUT2D eigenvalue weighted by Gasteiger charge is 2.22. The van der Waals surface area contributed by atoms with Crippen LogP contribution in [0.25, 0.3) is 0 Å². The van der Waals surface area contributed by atoms with Gasteiger partial charge in [0.05, 0.1) is 10.6 Å². The first-order valence-electron chi connectivity index (χ1n) is 9.40. The van der Waals surface area contributed by atoms with Crippen molar-refractivity contribution in [1.29, 1.82) is 0 Å². The number of amides is 1. The number of nitrogens with zero attached hydrogens (tertiary/aromatic N) is 3. The molecular weight excluding hydrogens is 468 g/mol. The smallest absolute Gasteiger partial charge is 0.269 e. The monoisotopic (exact) mass is 488 g/mol. The van der Waals surface area contributed by atoms with E-state index >= 15 is 0 Å². The number of nitrogens with one attached hydrogen (secondary N) is 1. The van der Waals surface area contributed by atoms with Crippen LogP contribution in [-0.4, -0.2) is 27.3 Å². The van der Waals surface area contributed by atoms with E-state index in [-0.39, 0.29) is 11.6 Å². The lowest BCUT2D eigenvalue weighted by Gasteiger charge is -2.21. The number of nitro groups is 1. The molecule has 1 aromatic heterocycles. The van der Waals surface area contributed by atoms with Gasteiger partial charge in [-0.15, -0.1) is 0 Å². The Morgan fingerprint density at radius 1 is 1.20 bits per heavy atom. The van der Waals surface area contributed by atoms with E-state index in [1.807, 2.05) is 38.1 Å². The molecule has 0 atom stereocenters. The first kappa shape index (κ1) is 21.9. The van der Waals surface area contributed by atoms with Crippen molar-refractivity contribution in [2.45, 2.75) is 26.8 Å². The fraction of sp³-hybridized carbons (Fsp3) is 0.238. The van der Waals surface area contributed by atoms with Crippen LogP contribution in [-0.2, 0) is 6.54 Å². The van der Waals surface area contributed by atoms with Gasteiger partial charge in [0.15, 0.2) is 5.13 Å². The number of halogens is 1. The molecule has 0 aliphatic rings. The summed E-state index contributed by atoms with van der Waals surface area (Å²) in [6, 6.07) is 14.0. The van der Waals surface area contributed by atoms with Crippen LogP contribution in [0.1, 0.15) is 34.3 Å². The summed E-state index contributed by atoms with van der Waals surface area (Å²) in [4.78, 5) is 30.5. The summed E-state index contributed by atoms with van der Waals surface area (Å²) in [6.45, 7) is 4.81. The average molecular weight is 489 g/mol. The number of thiazole rings is 1. The van der Waals surface area contributed by atoms with Gasteiger partial charge in [-0.1, -0.05) is 46.3 Å². The van der Waals surface area contributed by atoms with Gasteiger partial charge < -0.3 is 10.2 Å². The quantitative estimate of drug-likeness (QED) is 0.314. The van der Waals surface area contributed by atoms with E-state index in [2.05, 4.69) is 26.2 Å². The van der Waals surface area contributed by atoms with Crippen LogP contribution in [0.5, 0.6) is 0 Å². The largest absolute Gasteiger partial charge is 0.334 e. The highest BCUT2D eigenvalue weighted by Crippen LogP contribution is 2.28. The summed E-state index contributed by atoms with van der Waals surface area (Å²) in [5, 5.41) is 14.7. The van der Waals surface area contributed by atoms with Crippen LogP contribution in [0.4, 0.5) is 16.5 Å². The molecule has 3 rings (SSSR count). The Morgan fingerprint density at radius 3 is 2.47 bits per heavy atom. The lowest BCUT2D eigenvalue weighted by atomic mass is 10.2. The van der Waals surface area contributed by atoms with Gasteiger partial charge >= 0.3 is 0 Å². The summed E-state index contributed by atoms with van der Waals surface area (Å²) in [5.74, 6) is -0.0888. The fourth-order valence-electron chi connectivity index (χ4n) is 2.91. The molecule has 9 heteroatoms. The number of non-ortho nitro benzene ring substituents is 1. The molecule has 0 saturated carbocycles. The zero-order valence-corrected chi connectivity index (χ0v) is 19.0. The standard InChI is InChI=1S/C21H21BrN4O3S/c1-3-12-25(13-15-4-10-18(11-5-15)26(28)29)20(27)19-14(2)23-21(30-19)24-17-8-6-16(22)7-9-17/h4-11H,3,12-13H2,1-2H3,(H,23,24). The zero-order valence-electron chi connectivity index (χ0n) is 16.6. The van der Waals surface area contributed by atoms with Crippen LogP contribution in [0, 0.1) is 17.0 Å². The number of carbonyl (C=O) groups excluding carboxylic acids is 1. The predicted octanol–water partition coefficient (Wildman–Crippen LogP) is 5.92. The van der Waals surface area contributed by atoms with Gasteiger partial charge in [0.1, 0.15) is 4.88 Å². The zero-order chi connectivity index (χ0) is 21.7. The Balaban J connectivity index is 1.76. The van der Waals surface area contributed by atoms with E-state index in [1.54, 1.807) is 17.0 Å². The first-order valence-corrected chi connectivity index (χ1v) is 11.0. The maximum absolute atomic E-state index is 13.2. The number of nitro benzene ring substituents is 1. The van der Waals surface area contributed by atoms with E-state index in [0.29, 0.717) is 28.8 Å². The van der Waals surface area contributed by atoms with Crippen LogP contribution >= 0.6 is 27.3 Å². The normalized spacial score (nSPS) is 10.6. The van der Waals surface area contributed by atoms with Crippen molar-refractivity contribution in [3.05, 3.63) is 79.3 Å². The first-order chi connectivity index (χ1) is 14.4. The molecule has 1 N–H and O–H groups in total. The summed E-state index contributed by atoms with van der Waals surface area (Å²) in [5.41, 5.74) is 2.45. The van der Waals surface area contributed by atoms with E-state index in [9.17, 15) is 14.9 Å². The second-order valence-electron chi connectivity index (χ2n) is 6.72. The molecule has 1 heterocycles. The molecular formula is C21H21BrN4O3S. The number of hydrogen-bond donors (Lipinski definition) is 1. The number of benzene rings is 2. The van der Waals surface area contributed by atoms with Gasteiger partial charge in [-0.3, -0.25) is 14.9 Å². The fourth-order valence-corrected chi connectivity index (χ4v) is 4.13. The summed E-state index contributed by atoms with van der Waals surface area (Å²) >= 11 is 4.73. The van der Waals surface area contributed by atoms with E-state index in [1.165, 1.54) is 23.5 Å². The summed E-state index contributed by atoms with van der Waals surface area (Å²) in [6.07, 6.45) is 0.806. The lowest BCUT2D eigenvalue weighted by molar-refractivity contribution is -0.384. The van der Waals surface area contributed by atoms with Crippen LogP contribution in [0.15, 0.2) is 53.0 Å². The van der Waals surface area contributed by atoms with Crippen molar-refractivity contribution in [3.8, 4) is 0 Å². The number of aromatic nitrogens is 1. The molecule has 0 spiro atoms. The molecule has 0 aliphatic carbocycles. The maximum Gasteiger partial charge on any atom is 0.269 e. The number of hydrogen-bond acceptors (Lipinski definition) is 6. The molecule has 0 bridgehead atoms. The number of rotatable bonds is 8. The van der Waals surface area contributed by atoms with Crippen molar-refractivity contribution in [2.24, 2.45) is 0 Å². The maximum atomic E-state index is 13.2. The SMILES string of the molecule is CCCN(Cc1ccc([N+](=O)[O-])cc1)C(=O)c1sc(Nc2ccc(Br)cc2)nc1C. The van der Waals surface area contributed by atoms with E-state index in [0.717, 1.165) is 22.1 Å². The Kier molecular flexibility index (Phi) is 7.17. The Bertz CT molecular complexity index is 1040. The minimum atomic E-state index is -0.431. The average Bonchev–Trinajstić information content (AvgIpc) is 3.09. The van der Waals surface area contributed by atoms with E-state index < -0.39 is 4.92 Å². The molecule has 0 unspecified atom stereocenters. The number of aryl methyl sites for hydroxylation is 1. The van der Waals surface area contributed by atoms with Gasteiger partial charge in [-0.2, -0.15) is 0 Å². The van der Waals surface area contributed by atoms with Crippen LogP contribution in [0.2, 0.25) is 0 Å². The topological polar surface area (TPSA) is 88.4 Å². The van der Waals surface area contributed by atoms with Crippen LogP contribution < -0.4 is 5.32 Å². The molecule has 7 nitrogen and oxygen atoms in total. The Hall–Kier alpha value is -2.78. The van der Waals surface area contributed by atoms with Crippen molar-refractivity contribution in [1.82, 2.24) is 9.88 Å². The molecule has 1 amide bonds. The third-order valence-corrected chi connectivity index (χ3v) is 5.98. The Labute approximate surface area is 187 Å². The van der Waals surface area contributed by atoms with Gasteiger partial charge in [0.2, 0.25) is 0 Å². The highest BCUT2D eigenvalue weighted by molar-refractivity contribution is 9.10. The molecule has 156 valence electrons. The molecule has 0 aliphatic heterocycles. The molecule has 0 saturated heterocycles. The minimum absolute atomic E-state index is 0.0362. The molecule has 30 heavy (non-hydrogen) atoms. The molecule has 0 radical (unpaired) electrons. The predicted molar refractivity (Wildman–Crippen MR) is 122 cm³/mol. The van der Waals surface area contributed by atoms with E-state index in [4.69, 9.17) is 0 Å². The number of carbonyl (C=O) groups is 1. The summed E-state index contributed by atoms with van der Waals surface area (Å²) in [7, 11) is 0. The van der Waals surface area contributed by atoms with Gasteiger partial charge in [-0.05, 0) is 43.2 Å².